The quantitative estimate of drug-likeness (QED) is 0.633. The van der Waals surface area contributed by atoms with E-state index in [2.05, 4.69) is 25.7 Å². The molecule has 2 fully saturated rings. The Kier molecular flexibility index (Phi) is 2.64. The molecule has 1 heteroatoms. The standard InChI is InChI=1S/C12H23N/c1-9(2)13-7-6-12(13)11-5-4-10(3)8-11/h9-12H,4-8H2,1-3H3. The summed E-state index contributed by atoms with van der Waals surface area (Å²) in [5.41, 5.74) is 0. The van der Waals surface area contributed by atoms with Crippen molar-refractivity contribution in [3.63, 3.8) is 0 Å². The second-order valence-corrected chi connectivity index (χ2v) is 5.37. The Labute approximate surface area is 82.5 Å². The van der Waals surface area contributed by atoms with Gasteiger partial charge in [0.15, 0.2) is 0 Å². The molecule has 3 atom stereocenters. The predicted molar refractivity (Wildman–Crippen MR) is 56.8 cm³/mol. The van der Waals surface area contributed by atoms with Crippen molar-refractivity contribution in [1.82, 2.24) is 4.90 Å². The largest absolute Gasteiger partial charge is 0.298 e. The number of likely N-dealkylation sites (tertiary alicyclic amines) is 1. The Morgan fingerprint density at radius 3 is 2.31 bits per heavy atom. The molecule has 3 unspecified atom stereocenters. The first-order valence-electron chi connectivity index (χ1n) is 5.94. The lowest BCUT2D eigenvalue weighted by Gasteiger charge is -2.47. The molecule has 0 aromatic heterocycles. The van der Waals surface area contributed by atoms with Gasteiger partial charge in [0, 0.05) is 18.6 Å². The molecule has 1 aliphatic heterocycles. The molecule has 13 heavy (non-hydrogen) atoms. The Balaban J connectivity index is 1.87. The minimum absolute atomic E-state index is 0.773. The van der Waals surface area contributed by atoms with E-state index < -0.39 is 0 Å². The number of nitrogens with zero attached hydrogens (tertiary/aromatic N) is 1. The fraction of sp³-hybridized carbons (Fsp3) is 1.00. The van der Waals surface area contributed by atoms with Gasteiger partial charge in [-0.2, -0.15) is 0 Å². The summed E-state index contributed by atoms with van der Waals surface area (Å²) >= 11 is 0. The molecule has 0 spiro atoms. The third kappa shape index (κ3) is 1.76. The summed E-state index contributed by atoms with van der Waals surface area (Å²) in [4.78, 5) is 2.70. The zero-order valence-electron chi connectivity index (χ0n) is 9.29. The van der Waals surface area contributed by atoms with Crippen LogP contribution in [0.3, 0.4) is 0 Å². The van der Waals surface area contributed by atoms with Gasteiger partial charge in [0.05, 0.1) is 0 Å². The first kappa shape index (κ1) is 9.51. The molecular formula is C12H23N. The minimum atomic E-state index is 0.773. The van der Waals surface area contributed by atoms with Crippen LogP contribution in [0.25, 0.3) is 0 Å². The van der Waals surface area contributed by atoms with Crippen LogP contribution < -0.4 is 0 Å². The minimum Gasteiger partial charge on any atom is -0.298 e. The highest BCUT2D eigenvalue weighted by molar-refractivity contribution is 4.92. The highest BCUT2D eigenvalue weighted by Gasteiger charge is 2.38. The van der Waals surface area contributed by atoms with Crippen LogP contribution in [0.4, 0.5) is 0 Å². The molecule has 0 radical (unpaired) electrons. The molecule has 76 valence electrons. The molecule has 0 amide bonds. The predicted octanol–water partition coefficient (Wildman–Crippen LogP) is 2.91. The third-order valence-electron chi connectivity index (χ3n) is 4.05. The highest BCUT2D eigenvalue weighted by Crippen LogP contribution is 2.39. The van der Waals surface area contributed by atoms with E-state index in [1.54, 1.807) is 0 Å². The maximum atomic E-state index is 2.70. The summed E-state index contributed by atoms with van der Waals surface area (Å²) in [6.45, 7) is 8.45. The summed E-state index contributed by atoms with van der Waals surface area (Å²) in [6.07, 6.45) is 5.94. The van der Waals surface area contributed by atoms with Crippen molar-refractivity contribution >= 4 is 0 Å². The number of rotatable bonds is 2. The Morgan fingerprint density at radius 2 is 1.92 bits per heavy atom. The van der Waals surface area contributed by atoms with Crippen LogP contribution in [0.5, 0.6) is 0 Å². The van der Waals surface area contributed by atoms with Gasteiger partial charge in [0.25, 0.3) is 0 Å². The van der Waals surface area contributed by atoms with Crippen molar-refractivity contribution in [2.24, 2.45) is 11.8 Å². The van der Waals surface area contributed by atoms with Crippen LogP contribution in [0.15, 0.2) is 0 Å². The lowest BCUT2D eigenvalue weighted by atomic mass is 9.86. The van der Waals surface area contributed by atoms with E-state index in [4.69, 9.17) is 0 Å². The summed E-state index contributed by atoms with van der Waals surface area (Å²) < 4.78 is 0. The molecule has 0 N–H and O–H groups in total. The first-order chi connectivity index (χ1) is 6.18. The average Bonchev–Trinajstić information content (AvgIpc) is 2.32. The average molecular weight is 181 g/mol. The van der Waals surface area contributed by atoms with Gasteiger partial charge in [-0.25, -0.2) is 0 Å². The van der Waals surface area contributed by atoms with Crippen LogP contribution >= 0.6 is 0 Å². The maximum Gasteiger partial charge on any atom is 0.0138 e. The fourth-order valence-corrected chi connectivity index (χ4v) is 3.18. The maximum absolute atomic E-state index is 2.70. The lowest BCUT2D eigenvalue weighted by Crippen LogP contribution is -2.54. The second kappa shape index (κ2) is 3.61. The van der Waals surface area contributed by atoms with Crippen LogP contribution in [0.2, 0.25) is 0 Å². The summed E-state index contributed by atoms with van der Waals surface area (Å²) in [5, 5.41) is 0. The van der Waals surface area contributed by atoms with Gasteiger partial charge in [-0.3, -0.25) is 4.90 Å². The SMILES string of the molecule is CC1CCC(C2CCN2C(C)C)C1. The van der Waals surface area contributed by atoms with Crippen molar-refractivity contribution in [3.05, 3.63) is 0 Å². The first-order valence-corrected chi connectivity index (χ1v) is 5.94. The van der Waals surface area contributed by atoms with Crippen molar-refractivity contribution in [1.29, 1.82) is 0 Å². The van der Waals surface area contributed by atoms with E-state index in [1.807, 2.05) is 0 Å². The van der Waals surface area contributed by atoms with Crippen molar-refractivity contribution in [3.8, 4) is 0 Å². The highest BCUT2D eigenvalue weighted by atomic mass is 15.2. The van der Waals surface area contributed by atoms with E-state index in [9.17, 15) is 0 Å². The van der Waals surface area contributed by atoms with E-state index in [0.29, 0.717) is 0 Å². The molecule has 0 aromatic carbocycles. The Bertz CT molecular complexity index is 176. The lowest BCUT2D eigenvalue weighted by molar-refractivity contribution is 0.0171. The van der Waals surface area contributed by atoms with E-state index in [1.165, 1.54) is 32.2 Å². The smallest absolute Gasteiger partial charge is 0.0138 e. The van der Waals surface area contributed by atoms with Gasteiger partial charge in [-0.15, -0.1) is 0 Å². The van der Waals surface area contributed by atoms with Crippen LogP contribution in [0, 0.1) is 11.8 Å². The normalized spacial score (nSPS) is 41.1. The monoisotopic (exact) mass is 181 g/mol. The van der Waals surface area contributed by atoms with Crippen LogP contribution in [-0.2, 0) is 0 Å². The van der Waals surface area contributed by atoms with Crippen molar-refractivity contribution < 1.29 is 0 Å². The molecule has 2 aliphatic rings. The zero-order chi connectivity index (χ0) is 9.42. The third-order valence-corrected chi connectivity index (χ3v) is 4.05. The van der Waals surface area contributed by atoms with Gasteiger partial charge in [-0.1, -0.05) is 13.3 Å². The van der Waals surface area contributed by atoms with Crippen molar-refractivity contribution in [2.45, 2.75) is 58.5 Å². The van der Waals surface area contributed by atoms with Gasteiger partial charge in [0.1, 0.15) is 0 Å². The molecule has 0 bridgehead atoms. The second-order valence-electron chi connectivity index (χ2n) is 5.37. The van der Waals surface area contributed by atoms with Crippen molar-refractivity contribution in [2.75, 3.05) is 6.54 Å². The molecular weight excluding hydrogens is 158 g/mol. The van der Waals surface area contributed by atoms with Crippen LogP contribution in [0.1, 0.15) is 46.5 Å². The number of hydrogen-bond acceptors (Lipinski definition) is 1. The van der Waals surface area contributed by atoms with E-state index in [0.717, 1.165) is 23.9 Å². The molecule has 2 rings (SSSR count). The van der Waals surface area contributed by atoms with Gasteiger partial charge < -0.3 is 0 Å². The summed E-state index contributed by atoms with van der Waals surface area (Å²) in [7, 11) is 0. The molecule has 1 aliphatic carbocycles. The molecule has 1 heterocycles. The Hall–Kier alpha value is -0.0400. The van der Waals surface area contributed by atoms with Gasteiger partial charge in [-0.05, 0) is 44.9 Å². The fourth-order valence-electron chi connectivity index (χ4n) is 3.18. The molecule has 1 saturated carbocycles. The zero-order valence-corrected chi connectivity index (χ0v) is 9.29. The van der Waals surface area contributed by atoms with Gasteiger partial charge in [0.2, 0.25) is 0 Å². The van der Waals surface area contributed by atoms with E-state index in [-0.39, 0.29) is 0 Å². The number of hydrogen-bond donors (Lipinski definition) is 0. The van der Waals surface area contributed by atoms with Crippen LogP contribution in [-0.4, -0.2) is 23.5 Å². The van der Waals surface area contributed by atoms with Gasteiger partial charge >= 0.3 is 0 Å². The summed E-state index contributed by atoms with van der Waals surface area (Å²) in [6, 6.07) is 1.72. The summed E-state index contributed by atoms with van der Waals surface area (Å²) in [5.74, 6) is 2.03. The Morgan fingerprint density at radius 1 is 1.15 bits per heavy atom. The molecule has 1 saturated heterocycles. The topological polar surface area (TPSA) is 3.24 Å². The van der Waals surface area contributed by atoms with E-state index >= 15 is 0 Å². The molecule has 1 nitrogen and oxygen atoms in total. The molecule has 0 aromatic rings.